The third kappa shape index (κ3) is 1.92. The van der Waals surface area contributed by atoms with Crippen LogP contribution < -0.4 is 0 Å². The van der Waals surface area contributed by atoms with Crippen molar-refractivity contribution < 1.29 is 9.59 Å². The van der Waals surface area contributed by atoms with Crippen molar-refractivity contribution in [2.75, 3.05) is 13.1 Å². The average molecular weight is 206 g/mol. The highest BCUT2D eigenvalue weighted by atomic mass is 16.1. The van der Waals surface area contributed by atoms with E-state index in [0.29, 0.717) is 36.8 Å². The minimum absolute atomic E-state index is 0.511. The summed E-state index contributed by atoms with van der Waals surface area (Å²) in [5.74, 6) is 2.32. The Balaban J connectivity index is 1.99. The van der Waals surface area contributed by atoms with E-state index in [1.54, 1.807) is 12.2 Å². The second-order valence-electron chi connectivity index (χ2n) is 4.52. The maximum atomic E-state index is 10.1. The maximum absolute atomic E-state index is 10.1. The number of isocyanates is 2. The fraction of sp³-hybridized carbons (Fsp3) is 0.818. The van der Waals surface area contributed by atoms with Crippen molar-refractivity contribution in [1.29, 1.82) is 0 Å². The van der Waals surface area contributed by atoms with Crippen molar-refractivity contribution in [2.24, 2.45) is 33.7 Å². The van der Waals surface area contributed by atoms with E-state index in [1.165, 1.54) is 12.8 Å². The van der Waals surface area contributed by atoms with E-state index in [9.17, 15) is 9.59 Å². The second-order valence-corrected chi connectivity index (χ2v) is 4.52. The molecule has 2 aliphatic carbocycles. The number of nitrogens with zero attached hydrogens (tertiary/aromatic N) is 2. The fourth-order valence-electron chi connectivity index (χ4n) is 3.42. The van der Waals surface area contributed by atoms with Gasteiger partial charge in [0.15, 0.2) is 0 Å². The zero-order chi connectivity index (χ0) is 10.7. The number of rotatable bonds is 4. The summed E-state index contributed by atoms with van der Waals surface area (Å²) < 4.78 is 0. The van der Waals surface area contributed by atoms with Crippen LogP contribution in [-0.4, -0.2) is 25.2 Å². The molecule has 80 valence electrons. The molecule has 0 radical (unpaired) electrons. The minimum Gasteiger partial charge on any atom is -0.211 e. The normalized spacial score (nSPS) is 37.1. The molecule has 2 saturated carbocycles. The molecular weight excluding hydrogens is 192 g/mol. The molecule has 4 unspecified atom stereocenters. The first-order valence-corrected chi connectivity index (χ1v) is 5.44. The Morgan fingerprint density at radius 1 is 1.07 bits per heavy atom. The van der Waals surface area contributed by atoms with Gasteiger partial charge in [0.1, 0.15) is 0 Å². The largest absolute Gasteiger partial charge is 0.234 e. The van der Waals surface area contributed by atoms with Crippen LogP contribution in [0.1, 0.15) is 19.3 Å². The molecule has 4 atom stereocenters. The van der Waals surface area contributed by atoms with E-state index in [0.717, 1.165) is 6.42 Å². The molecule has 15 heavy (non-hydrogen) atoms. The summed E-state index contributed by atoms with van der Waals surface area (Å²) in [6.45, 7) is 1.21. The number of fused-ring (bicyclic) bond motifs is 2. The molecule has 0 aromatic heterocycles. The molecule has 2 fully saturated rings. The lowest BCUT2D eigenvalue weighted by Gasteiger charge is -2.19. The summed E-state index contributed by atoms with van der Waals surface area (Å²) >= 11 is 0. The Morgan fingerprint density at radius 2 is 1.80 bits per heavy atom. The Morgan fingerprint density at radius 3 is 2.53 bits per heavy atom. The lowest BCUT2D eigenvalue weighted by molar-refractivity contribution is 0.326. The molecule has 0 N–H and O–H groups in total. The molecule has 2 rings (SSSR count). The van der Waals surface area contributed by atoms with Crippen molar-refractivity contribution in [1.82, 2.24) is 0 Å². The van der Waals surface area contributed by atoms with Gasteiger partial charge >= 0.3 is 0 Å². The van der Waals surface area contributed by atoms with Crippen LogP contribution in [0.4, 0.5) is 0 Å². The number of carbonyl (C=O) groups excluding carboxylic acids is 2. The van der Waals surface area contributed by atoms with Crippen LogP contribution in [0.2, 0.25) is 0 Å². The molecular formula is C11H14N2O2. The Labute approximate surface area is 88.5 Å². The van der Waals surface area contributed by atoms with E-state index in [-0.39, 0.29) is 0 Å². The summed E-state index contributed by atoms with van der Waals surface area (Å²) in [7, 11) is 0. The van der Waals surface area contributed by atoms with Gasteiger partial charge in [-0.05, 0) is 42.9 Å². The predicted octanol–water partition coefficient (Wildman–Crippen LogP) is 1.32. The van der Waals surface area contributed by atoms with Crippen molar-refractivity contribution in [3.63, 3.8) is 0 Å². The van der Waals surface area contributed by atoms with Crippen LogP contribution in [0.3, 0.4) is 0 Å². The van der Waals surface area contributed by atoms with Crippen LogP contribution in [0.5, 0.6) is 0 Å². The highest BCUT2D eigenvalue weighted by Crippen LogP contribution is 2.52. The molecule has 2 bridgehead atoms. The fourth-order valence-corrected chi connectivity index (χ4v) is 3.42. The molecule has 0 amide bonds. The summed E-state index contributed by atoms with van der Waals surface area (Å²) in [4.78, 5) is 27.5. The summed E-state index contributed by atoms with van der Waals surface area (Å²) in [5.41, 5.74) is 0. The second kappa shape index (κ2) is 4.52. The Bertz CT molecular complexity index is 329. The first kappa shape index (κ1) is 10.3. The van der Waals surface area contributed by atoms with Gasteiger partial charge in [0.05, 0.1) is 13.1 Å². The third-order valence-corrected chi connectivity index (χ3v) is 3.99. The lowest BCUT2D eigenvalue weighted by atomic mass is 9.88. The van der Waals surface area contributed by atoms with E-state index in [1.807, 2.05) is 0 Å². The molecule has 0 spiro atoms. The number of hydrogen-bond acceptors (Lipinski definition) is 4. The number of aliphatic imine (C=N–C) groups is 2. The first-order valence-electron chi connectivity index (χ1n) is 5.44. The molecule has 0 saturated heterocycles. The van der Waals surface area contributed by atoms with Crippen molar-refractivity contribution in [3.05, 3.63) is 0 Å². The highest BCUT2D eigenvalue weighted by Gasteiger charge is 2.47. The summed E-state index contributed by atoms with van der Waals surface area (Å²) in [5, 5.41) is 0. The molecule has 0 aliphatic heterocycles. The zero-order valence-electron chi connectivity index (χ0n) is 8.56. The first-order chi connectivity index (χ1) is 7.36. The quantitative estimate of drug-likeness (QED) is 0.514. The molecule has 0 heterocycles. The summed E-state index contributed by atoms with van der Waals surface area (Å²) in [6, 6.07) is 0. The van der Waals surface area contributed by atoms with Gasteiger partial charge in [-0.15, -0.1) is 0 Å². The van der Waals surface area contributed by atoms with E-state index in [4.69, 9.17) is 0 Å². The summed E-state index contributed by atoms with van der Waals surface area (Å²) in [6.07, 6.45) is 6.78. The van der Waals surface area contributed by atoms with Crippen molar-refractivity contribution >= 4 is 12.2 Å². The van der Waals surface area contributed by atoms with Gasteiger partial charge in [0.25, 0.3) is 0 Å². The zero-order valence-corrected chi connectivity index (χ0v) is 8.56. The van der Waals surface area contributed by atoms with Crippen molar-refractivity contribution in [3.8, 4) is 0 Å². The Hall–Kier alpha value is -1.24. The van der Waals surface area contributed by atoms with Crippen molar-refractivity contribution in [2.45, 2.75) is 19.3 Å². The number of hydrogen-bond donors (Lipinski definition) is 0. The highest BCUT2D eigenvalue weighted by molar-refractivity contribution is 5.33. The van der Waals surface area contributed by atoms with Crippen LogP contribution in [0.25, 0.3) is 0 Å². The SMILES string of the molecule is O=C=NCC1CC2CCC1C2CN=C=O. The maximum Gasteiger partial charge on any atom is 0.234 e. The Kier molecular flexibility index (Phi) is 3.10. The van der Waals surface area contributed by atoms with E-state index in [2.05, 4.69) is 9.98 Å². The predicted molar refractivity (Wildman–Crippen MR) is 53.8 cm³/mol. The van der Waals surface area contributed by atoms with Crippen LogP contribution >= 0.6 is 0 Å². The smallest absolute Gasteiger partial charge is 0.211 e. The molecule has 0 aromatic rings. The van der Waals surface area contributed by atoms with Crippen LogP contribution in [0.15, 0.2) is 9.98 Å². The molecule has 2 aliphatic rings. The minimum atomic E-state index is 0.511. The van der Waals surface area contributed by atoms with Crippen LogP contribution in [0, 0.1) is 23.7 Å². The van der Waals surface area contributed by atoms with E-state index < -0.39 is 0 Å². The topological polar surface area (TPSA) is 58.9 Å². The van der Waals surface area contributed by atoms with Gasteiger partial charge in [-0.1, -0.05) is 0 Å². The van der Waals surface area contributed by atoms with Gasteiger partial charge < -0.3 is 0 Å². The molecule has 4 nitrogen and oxygen atoms in total. The molecule has 4 heteroatoms. The third-order valence-electron chi connectivity index (χ3n) is 3.99. The van der Waals surface area contributed by atoms with Gasteiger partial charge in [0, 0.05) is 0 Å². The van der Waals surface area contributed by atoms with Crippen LogP contribution in [-0.2, 0) is 9.59 Å². The standard InChI is InChI=1S/C11H14N2O2/c14-6-12-4-9-3-8-1-2-10(9)11(8)5-13-7-15/h8-11H,1-5H2. The van der Waals surface area contributed by atoms with Gasteiger partial charge in [-0.25, -0.2) is 19.6 Å². The monoisotopic (exact) mass is 206 g/mol. The van der Waals surface area contributed by atoms with E-state index >= 15 is 0 Å². The lowest BCUT2D eigenvalue weighted by Crippen LogP contribution is -2.16. The van der Waals surface area contributed by atoms with Gasteiger partial charge in [-0.2, -0.15) is 0 Å². The molecule has 0 aromatic carbocycles. The average Bonchev–Trinajstić information content (AvgIpc) is 2.80. The van der Waals surface area contributed by atoms with Gasteiger partial charge in [-0.3, -0.25) is 0 Å². The van der Waals surface area contributed by atoms with Gasteiger partial charge in [0.2, 0.25) is 12.2 Å².